The monoisotopic (exact) mass is 435 g/mol. The topological polar surface area (TPSA) is 99.4 Å². The van der Waals surface area contributed by atoms with Gasteiger partial charge in [0.25, 0.3) is 5.91 Å². The quantitative estimate of drug-likeness (QED) is 0.549. The van der Waals surface area contributed by atoms with Gasteiger partial charge in [0.1, 0.15) is 12.1 Å². The van der Waals surface area contributed by atoms with Crippen LogP contribution in [0.25, 0.3) is 16.8 Å². The molecule has 32 heavy (non-hydrogen) atoms. The number of ether oxygens (including phenoxy) is 2. The highest BCUT2D eigenvalue weighted by Gasteiger charge is 2.30. The van der Waals surface area contributed by atoms with E-state index >= 15 is 0 Å². The van der Waals surface area contributed by atoms with Crippen molar-refractivity contribution in [3.8, 4) is 22.6 Å². The van der Waals surface area contributed by atoms with Crippen LogP contribution in [0.15, 0.2) is 48.8 Å². The van der Waals surface area contributed by atoms with Crippen molar-refractivity contribution in [1.29, 1.82) is 0 Å². The first kappa shape index (κ1) is 21.5. The van der Waals surface area contributed by atoms with Gasteiger partial charge in [-0.15, -0.1) is 5.10 Å². The fourth-order valence-corrected chi connectivity index (χ4v) is 3.98. The normalized spacial score (nSPS) is 15.9. The van der Waals surface area contributed by atoms with Gasteiger partial charge < -0.3 is 14.4 Å². The molecular weight excluding hydrogens is 410 g/mol. The highest BCUT2D eigenvalue weighted by Crippen LogP contribution is 2.32. The van der Waals surface area contributed by atoms with Gasteiger partial charge in [-0.1, -0.05) is 18.2 Å². The fraction of sp³-hybridized carbons (Fsp3) is 0.348. The molecule has 1 saturated heterocycles. The number of nitrogens with zero attached hydrogens (tertiary/aromatic N) is 5. The maximum atomic E-state index is 13.5. The molecule has 0 N–H and O–H groups in total. The maximum absolute atomic E-state index is 13.5. The number of esters is 1. The Morgan fingerprint density at radius 3 is 2.78 bits per heavy atom. The zero-order chi connectivity index (χ0) is 22.5. The molecule has 0 radical (unpaired) electrons. The summed E-state index contributed by atoms with van der Waals surface area (Å²) in [4.78, 5) is 27.4. The molecule has 3 aromatic rings. The minimum atomic E-state index is -0.302. The van der Waals surface area contributed by atoms with E-state index in [4.69, 9.17) is 9.47 Å². The summed E-state index contributed by atoms with van der Waals surface area (Å²) in [6, 6.07) is 13.1. The van der Waals surface area contributed by atoms with E-state index in [0.717, 1.165) is 24.0 Å². The van der Waals surface area contributed by atoms with E-state index in [-0.39, 0.29) is 17.8 Å². The lowest BCUT2D eigenvalue weighted by Gasteiger charge is -2.31. The number of carbonyl (C=O) groups excluding carboxylic acids is 2. The van der Waals surface area contributed by atoms with E-state index in [1.807, 2.05) is 36.4 Å². The Labute approximate surface area is 185 Å². The Bertz CT molecular complexity index is 1100. The van der Waals surface area contributed by atoms with Crippen LogP contribution in [0.4, 0.5) is 0 Å². The lowest BCUT2D eigenvalue weighted by molar-refractivity contribution is -0.149. The molecule has 1 aromatic heterocycles. The second-order valence-electron chi connectivity index (χ2n) is 7.57. The minimum absolute atomic E-state index is 0.148. The smallest absolute Gasteiger partial charge is 0.310 e. The second kappa shape index (κ2) is 9.59. The van der Waals surface area contributed by atoms with Gasteiger partial charge in [-0.2, -0.15) is 0 Å². The van der Waals surface area contributed by atoms with Crippen molar-refractivity contribution in [3.63, 3.8) is 0 Å². The highest BCUT2D eigenvalue weighted by atomic mass is 16.5. The molecule has 1 fully saturated rings. The van der Waals surface area contributed by atoms with Crippen LogP contribution < -0.4 is 4.74 Å². The van der Waals surface area contributed by atoms with Crippen molar-refractivity contribution in [2.75, 3.05) is 26.8 Å². The molecule has 2 aromatic carbocycles. The Morgan fingerprint density at radius 2 is 2.03 bits per heavy atom. The summed E-state index contributed by atoms with van der Waals surface area (Å²) in [5.74, 6) is -0.00336. The minimum Gasteiger partial charge on any atom is -0.496 e. The van der Waals surface area contributed by atoms with Crippen LogP contribution in [-0.4, -0.2) is 63.8 Å². The van der Waals surface area contributed by atoms with Crippen molar-refractivity contribution in [3.05, 3.63) is 54.4 Å². The van der Waals surface area contributed by atoms with Crippen molar-refractivity contribution in [1.82, 2.24) is 25.1 Å². The number of likely N-dealkylation sites (tertiary alicyclic amines) is 1. The molecule has 1 atom stereocenters. The predicted octanol–water partition coefficient (Wildman–Crippen LogP) is 2.75. The number of hydrogen-bond donors (Lipinski definition) is 0. The number of piperidine rings is 1. The van der Waals surface area contributed by atoms with Crippen molar-refractivity contribution in [2.24, 2.45) is 5.92 Å². The molecule has 1 amide bonds. The average Bonchev–Trinajstić information content (AvgIpc) is 3.38. The third kappa shape index (κ3) is 4.46. The van der Waals surface area contributed by atoms with E-state index in [2.05, 4.69) is 15.5 Å². The number of rotatable bonds is 6. The Kier molecular flexibility index (Phi) is 6.44. The summed E-state index contributed by atoms with van der Waals surface area (Å²) in [7, 11) is 1.61. The largest absolute Gasteiger partial charge is 0.496 e. The molecule has 9 nitrogen and oxygen atoms in total. The molecular formula is C23H25N5O4. The zero-order valence-electron chi connectivity index (χ0n) is 18.1. The van der Waals surface area contributed by atoms with E-state index in [1.165, 1.54) is 11.0 Å². The molecule has 0 unspecified atom stereocenters. The van der Waals surface area contributed by atoms with Crippen molar-refractivity contribution >= 4 is 11.9 Å². The summed E-state index contributed by atoms with van der Waals surface area (Å²) in [5.41, 5.74) is 2.80. The van der Waals surface area contributed by atoms with E-state index < -0.39 is 0 Å². The molecule has 0 saturated carbocycles. The van der Waals surface area contributed by atoms with Crippen molar-refractivity contribution in [2.45, 2.75) is 19.8 Å². The van der Waals surface area contributed by atoms with Crippen LogP contribution in [0.3, 0.4) is 0 Å². The Hall–Kier alpha value is -3.75. The van der Waals surface area contributed by atoms with Gasteiger partial charge in [0.05, 0.1) is 25.3 Å². The Balaban J connectivity index is 1.71. The predicted molar refractivity (Wildman–Crippen MR) is 116 cm³/mol. The SMILES string of the molecule is CCOC(=O)[C@H]1CCCN(C(=O)c2cc(-c3ccccc3OC)cc(-n3cnnn3)c2)C1. The number of amides is 1. The number of carbonyl (C=O) groups is 2. The average molecular weight is 435 g/mol. The van der Waals surface area contributed by atoms with Crippen LogP contribution >= 0.6 is 0 Å². The lowest BCUT2D eigenvalue weighted by atomic mass is 9.96. The summed E-state index contributed by atoms with van der Waals surface area (Å²) < 4.78 is 12.2. The molecule has 1 aliphatic rings. The fourth-order valence-electron chi connectivity index (χ4n) is 3.98. The number of aromatic nitrogens is 4. The first-order valence-corrected chi connectivity index (χ1v) is 10.6. The molecule has 1 aliphatic heterocycles. The molecule has 0 aliphatic carbocycles. The van der Waals surface area contributed by atoms with E-state index in [0.29, 0.717) is 36.7 Å². The summed E-state index contributed by atoms with van der Waals surface area (Å²) in [6.07, 6.45) is 2.95. The van der Waals surface area contributed by atoms with Crippen molar-refractivity contribution < 1.29 is 19.1 Å². The van der Waals surface area contributed by atoms with Gasteiger partial charge in [-0.3, -0.25) is 9.59 Å². The number of para-hydroxylation sites is 1. The van der Waals surface area contributed by atoms with Gasteiger partial charge in [0, 0.05) is 24.2 Å². The highest BCUT2D eigenvalue weighted by molar-refractivity contribution is 5.97. The summed E-state index contributed by atoms with van der Waals surface area (Å²) in [5, 5.41) is 11.4. The first-order valence-electron chi connectivity index (χ1n) is 10.6. The van der Waals surface area contributed by atoms with E-state index in [9.17, 15) is 9.59 Å². The van der Waals surface area contributed by atoms with Crippen LogP contribution in [-0.2, 0) is 9.53 Å². The molecule has 0 spiro atoms. The third-order valence-electron chi connectivity index (χ3n) is 5.52. The number of methoxy groups -OCH3 is 1. The number of tetrazole rings is 1. The van der Waals surface area contributed by atoms with Crippen LogP contribution in [0.1, 0.15) is 30.1 Å². The molecule has 2 heterocycles. The second-order valence-corrected chi connectivity index (χ2v) is 7.57. The molecule has 9 heteroatoms. The molecule has 166 valence electrons. The lowest BCUT2D eigenvalue weighted by Crippen LogP contribution is -2.42. The summed E-state index contributed by atoms with van der Waals surface area (Å²) >= 11 is 0. The van der Waals surface area contributed by atoms with Gasteiger partial charge >= 0.3 is 5.97 Å². The van der Waals surface area contributed by atoms with Gasteiger partial charge in [0.15, 0.2) is 0 Å². The van der Waals surface area contributed by atoms with E-state index in [1.54, 1.807) is 25.0 Å². The first-order chi connectivity index (χ1) is 15.6. The standard InChI is InChI=1S/C23H25N5O4/c1-3-32-23(30)16-7-6-10-27(14-16)22(29)18-11-17(20-8-4-5-9-21(20)31-2)12-19(13-18)28-15-24-25-26-28/h4-5,8-9,11-13,15-16H,3,6-7,10,14H2,1-2H3/t16-/m0/s1. The Morgan fingerprint density at radius 1 is 1.19 bits per heavy atom. The van der Waals surface area contributed by atoms with Crippen LogP contribution in [0.5, 0.6) is 5.75 Å². The van der Waals surface area contributed by atoms with Gasteiger partial charge in [-0.05, 0) is 60.0 Å². The summed E-state index contributed by atoms with van der Waals surface area (Å²) in [6.45, 7) is 3.05. The zero-order valence-corrected chi connectivity index (χ0v) is 18.1. The molecule has 4 rings (SSSR count). The van der Waals surface area contributed by atoms with Gasteiger partial charge in [0.2, 0.25) is 0 Å². The van der Waals surface area contributed by atoms with Crippen LogP contribution in [0, 0.1) is 5.92 Å². The van der Waals surface area contributed by atoms with Crippen LogP contribution in [0.2, 0.25) is 0 Å². The third-order valence-corrected chi connectivity index (χ3v) is 5.52. The number of benzene rings is 2. The van der Waals surface area contributed by atoms with Gasteiger partial charge in [-0.25, -0.2) is 4.68 Å². The molecule has 0 bridgehead atoms. The maximum Gasteiger partial charge on any atom is 0.310 e. The number of hydrogen-bond acceptors (Lipinski definition) is 7.